The van der Waals surface area contributed by atoms with Crippen LogP contribution in [-0.2, 0) is 12.4 Å². The summed E-state index contributed by atoms with van der Waals surface area (Å²) in [6.07, 6.45) is 0. The van der Waals surface area contributed by atoms with Crippen molar-refractivity contribution >= 4 is 17.4 Å². The summed E-state index contributed by atoms with van der Waals surface area (Å²) in [5.41, 5.74) is 6.30. The summed E-state index contributed by atoms with van der Waals surface area (Å²) in [4.78, 5) is 4.27. The first-order valence-electron chi connectivity index (χ1n) is 6.05. The van der Waals surface area contributed by atoms with Crippen LogP contribution < -0.4 is 10.5 Å². The number of thioether (sulfide) groups is 1. The van der Waals surface area contributed by atoms with Crippen LogP contribution >= 0.6 is 11.8 Å². The summed E-state index contributed by atoms with van der Waals surface area (Å²) in [7, 11) is 0. The summed E-state index contributed by atoms with van der Waals surface area (Å²) in [5.74, 6) is 2.67. The van der Waals surface area contributed by atoms with E-state index in [1.54, 1.807) is 36.0 Å². The topological polar surface area (TPSA) is 74.2 Å². The van der Waals surface area contributed by atoms with Gasteiger partial charge in [-0.25, -0.2) is 0 Å². The Balaban J connectivity index is 1.84. The monoisotopic (exact) mass is 279 g/mol. The third-order valence-corrected chi connectivity index (χ3v) is 3.39. The quantitative estimate of drug-likeness (QED) is 0.820. The minimum atomic E-state index is 0.267. The van der Waals surface area contributed by atoms with Gasteiger partial charge in [-0.15, -0.1) is 0 Å². The van der Waals surface area contributed by atoms with Gasteiger partial charge in [-0.05, 0) is 29.5 Å². The van der Waals surface area contributed by atoms with Gasteiger partial charge >= 0.3 is 0 Å². The van der Waals surface area contributed by atoms with E-state index in [0.717, 1.165) is 11.5 Å². The summed E-state index contributed by atoms with van der Waals surface area (Å²) in [5, 5.41) is 4.46. The first-order valence-corrected chi connectivity index (χ1v) is 7.10. The van der Waals surface area contributed by atoms with E-state index in [4.69, 9.17) is 15.0 Å². The molecule has 5 nitrogen and oxygen atoms in total. The molecule has 1 heterocycles. The van der Waals surface area contributed by atoms with Crippen LogP contribution in [0.15, 0.2) is 28.8 Å². The van der Waals surface area contributed by atoms with Gasteiger partial charge in [0.05, 0.1) is 5.75 Å². The number of nitrogens with zero attached hydrogens (tertiary/aromatic N) is 2. The Morgan fingerprint density at radius 1 is 1.32 bits per heavy atom. The second kappa shape index (κ2) is 6.47. The molecule has 0 amide bonds. The van der Waals surface area contributed by atoms with Crippen molar-refractivity contribution in [3.63, 3.8) is 0 Å². The molecule has 102 valence electrons. The van der Waals surface area contributed by atoms with Crippen molar-refractivity contribution in [2.45, 2.75) is 31.5 Å². The smallest absolute Gasteiger partial charge is 0.264 e. The Labute approximate surface area is 116 Å². The normalized spacial score (nSPS) is 10.9. The summed E-state index contributed by atoms with van der Waals surface area (Å²) < 4.78 is 10.6. The molecule has 2 N–H and O–H groups in total. The number of aromatic nitrogens is 2. The van der Waals surface area contributed by atoms with Crippen molar-refractivity contribution in [1.82, 2.24) is 10.1 Å². The highest BCUT2D eigenvalue weighted by Gasteiger charge is 2.08. The lowest BCUT2D eigenvalue weighted by Gasteiger charge is -2.02. The van der Waals surface area contributed by atoms with Gasteiger partial charge in [0.1, 0.15) is 5.75 Å². The number of ether oxygens (including phenoxy) is 1. The van der Waals surface area contributed by atoms with Crippen molar-refractivity contribution in [1.29, 1.82) is 0 Å². The Bertz CT molecular complexity index is 511. The van der Waals surface area contributed by atoms with Crippen LogP contribution in [0.3, 0.4) is 0 Å². The summed E-state index contributed by atoms with van der Waals surface area (Å²) in [6.45, 7) is 4.54. The third kappa shape index (κ3) is 4.48. The Morgan fingerprint density at radius 3 is 2.74 bits per heavy atom. The molecule has 2 aromatic rings. The molecule has 6 heteroatoms. The standard InChI is InChI=1S/C13H17N3O2S/c1-9(2)19-8-12-15-13(18-16-12)7-17-11-5-3-10(14)4-6-11/h3-6,9H,7-8,14H2,1-2H3. The molecule has 0 aliphatic rings. The number of nitrogens with two attached hydrogens (primary N) is 1. The van der Waals surface area contributed by atoms with Gasteiger partial charge in [0.15, 0.2) is 12.4 Å². The molecule has 0 spiro atoms. The zero-order valence-corrected chi connectivity index (χ0v) is 11.8. The average Bonchev–Trinajstić information content (AvgIpc) is 2.84. The number of benzene rings is 1. The van der Waals surface area contributed by atoms with E-state index in [0.29, 0.717) is 22.7 Å². The Hall–Kier alpha value is -1.69. The van der Waals surface area contributed by atoms with E-state index in [1.807, 2.05) is 0 Å². The fourth-order valence-electron chi connectivity index (χ4n) is 1.36. The molecule has 19 heavy (non-hydrogen) atoms. The van der Waals surface area contributed by atoms with Crippen LogP contribution in [0.2, 0.25) is 0 Å². The fraction of sp³-hybridized carbons (Fsp3) is 0.385. The highest BCUT2D eigenvalue weighted by atomic mass is 32.2. The van der Waals surface area contributed by atoms with E-state index < -0.39 is 0 Å². The number of nitrogen functional groups attached to an aromatic ring is 1. The summed E-state index contributed by atoms with van der Waals surface area (Å²) in [6, 6.07) is 7.18. The first-order chi connectivity index (χ1) is 9.13. The van der Waals surface area contributed by atoms with Gasteiger partial charge in [-0.1, -0.05) is 19.0 Å². The van der Waals surface area contributed by atoms with Crippen LogP contribution in [0.1, 0.15) is 25.6 Å². The number of hydrogen-bond acceptors (Lipinski definition) is 6. The molecule has 2 rings (SSSR count). The SMILES string of the molecule is CC(C)SCc1noc(COc2ccc(N)cc2)n1. The molecule has 0 fully saturated rings. The second-order valence-corrected chi connectivity index (χ2v) is 5.89. The maximum atomic E-state index is 5.60. The van der Waals surface area contributed by atoms with E-state index in [2.05, 4.69) is 24.0 Å². The van der Waals surface area contributed by atoms with E-state index in [-0.39, 0.29) is 6.61 Å². The molecule has 0 bridgehead atoms. The Kier molecular flexibility index (Phi) is 4.68. The van der Waals surface area contributed by atoms with E-state index in [1.165, 1.54) is 0 Å². The van der Waals surface area contributed by atoms with E-state index in [9.17, 15) is 0 Å². The van der Waals surface area contributed by atoms with Crippen molar-refractivity contribution in [2.75, 3.05) is 5.73 Å². The van der Waals surface area contributed by atoms with Crippen molar-refractivity contribution in [3.05, 3.63) is 36.0 Å². The predicted molar refractivity (Wildman–Crippen MR) is 75.9 cm³/mol. The molecule has 0 atom stereocenters. The molecular weight excluding hydrogens is 262 g/mol. The van der Waals surface area contributed by atoms with Gasteiger partial charge in [0.25, 0.3) is 5.89 Å². The van der Waals surface area contributed by atoms with Crippen LogP contribution in [0, 0.1) is 0 Å². The van der Waals surface area contributed by atoms with Gasteiger partial charge in [-0.3, -0.25) is 0 Å². The average molecular weight is 279 g/mol. The van der Waals surface area contributed by atoms with Gasteiger partial charge < -0.3 is 15.0 Å². The van der Waals surface area contributed by atoms with Crippen LogP contribution in [-0.4, -0.2) is 15.4 Å². The van der Waals surface area contributed by atoms with Crippen LogP contribution in [0.25, 0.3) is 0 Å². The van der Waals surface area contributed by atoms with Gasteiger partial charge in [-0.2, -0.15) is 16.7 Å². The minimum Gasteiger partial charge on any atom is -0.484 e. The molecule has 0 unspecified atom stereocenters. The fourth-order valence-corrected chi connectivity index (χ4v) is 1.96. The van der Waals surface area contributed by atoms with E-state index >= 15 is 0 Å². The molecule has 0 aliphatic heterocycles. The maximum Gasteiger partial charge on any atom is 0.264 e. The van der Waals surface area contributed by atoms with Crippen LogP contribution in [0.4, 0.5) is 5.69 Å². The van der Waals surface area contributed by atoms with Crippen molar-refractivity contribution in [3.8, 4) is 5.75 Å². The number of hydrogen-bond donors (Lipinski definition) is 1. The Morgan fingerprint density at radius 2 is 2.05 bits per heavy atom. The zero-order chi connectivity index (χ0) is 13.7. The summed E-state index contributed by atoms with van der Waals surface area (Å²) >= 11 is 1.77. The molecule has 1 aromatic carbocycles. The number of rotatable bonds is 6. The predicted octanol–water partition coefficient (Wildman–Crippen LogP) is 2.87. The lowest BCUT2D eigenvalue weighted by molar-refractivity contribution is 0.242. The van der Waals surface area contributed by atoms with Gasteiger partial charge in [0, 0.05) is 5.69 Å². The van der Waals surface area contributed by atoms with Crippen LogP contribution in [0.5, 0.6) is 5.75 Å². The minimum absolute atomic E-state index is 0.267. The highest BCUT2D eigenvalue weighted by molar-refractivity contribution is 7.99. The maximum absolute atomic E-state index is 5.60. The lowest BCUT2D eigenvalue weighted by atomic mass is 10.3. The van der Waals surface area contributed by atoms with Crippen molar-refractivity contribution < 1.29 is 9.26 Å². The van der Waals surface area contributed by atoms with Crippen molar-refractivity contribution in [2.24, 2.45) is 0 Å². The molecule has 0 aliphatic carbocycles. The van der Waals surface area contributed by atoms with Gasteiger partial charge in [0.2, 0.25) is 0 Å². The molecular formula is C13H17N3O2S. The molecule has 0 saturated heterocycles. The lowest BCUT2D eigenvalue weighted by Crippen LogP contribution is -1.96. The molecule has 1 aromatic heterocycles. The first kappa shape index (κ1) is 13.7. The number of anilines is 1. The largest absolute Gasteiger partial charge is 0.484 e. The molecule has 0 saturated carbocycles. The third-order valence-electron chi connectivity index (χ3n) is 2.30. The second-order valence-electron chi connectivity index (χ2n) is 4.32. The zero-order valence-electron chi connectivity index (χ0n) is 11.0. The molecule has 0 radical (unpaired) electrons. The highest BCUT2D eigenvalue weighted by Crippen LogP contribution is 2.17.